The monoisotopic (exact) mass is 213 g/mol. The summed E-state index contributed by atoms with van der Waals surface area (Å²) in [5, 5.41) is 0. The van der Waals surface area contributed by atoms with Gasteiger partial charge in [-0.3, -0.25) is 4.98 Å². The molecule has 0 spiro atoms. The molecule has 0 atom stereocenters. The van der Waals surface area contributed by atoms with Gasteiger partial charge in [-0.1, -0.05) is 51.1 Å². The highest BCUT2D eigenvalue weighted by atomic mass is 14.6. The van der Waals surface area contributed by atoms with Crippen LogP contribution < -0.4 is 0 Å². The lowest BCUT2D eigenvalue weighted by Crippen LogP contribution is -1.76. The zero-order chi connectivity index (χ0) is 11.8. The predicted molar refractivity (Wildman–Crippen MR) is 70.2 cm³/mol. The Morgan fingerprint density at radius 3 is 1.69 bits per heavy atom. The van der Waals surface area contributed by atoms with E-state index in [9.17, 15) is 0 Å². The minimum Gasteiger partial charge on any atom is -0.265 e. The van der Waals surface area contributed by atoms with Gasteiger partial charge >= 0.3 is 0 Å². The molecule has 1 nitrogen and oxygen atoms in total. The van der Waals surface area contributed by atoms with E-state index in [4.69, 9.17) is 0 Å². The van der Waals surface area contributed by atoms with Crippen LogP contribution in [0.1, 0.15) is 20.8 Å². The van der Waals surface area contributed by atoms with Crippen LogP contribution in [0.25, 0.3) is 11.1 Å². The summed E-state index contributed by atoms with van der Waals surface area (Å²) in [5.74, 6) is 0.833. The van der Waals surface area contributed by atoms with Gasteiger partial charge in [-0.05, 0) is 29.2 Å². The average Bonchev–Trinajstić information content (AvgIpc) is 2.31. The maximum atomic E-state index is 3.97. The van der Waals surface area contributed by atoms with Gasteiger partial charge in [-0.25, -0.2) is 0 Å². The summed E-state index contributed by atoms with van der Waals surface area (Å²) in [7, 11) is 0. The molecule has 1 aromatic carbocycles. The topological polar surface area (TPSA) is 12.9 Å². The Morgan fingerprint density at radius 2 is 1.19 bits per heavy atom. The van der Waals surface area contributed by atoms with Gasteiger partial charge in [-0.2, -0.15) is 0 Å². The van der Waals surface area contributed by atoms with E-state index in [0.717, 1.165) is 5.92 Å². The Morgan fingerprint density at radius 1 is 0.750 bits per heavy atom. The molecule has 16 heavy (non-hydrogen) atoms. The highest BCUT2D eigenvalue weighted by Gasteiger charge is 1.92. The van der Waals surface area contributed by atoms with Gasteiger partial charge in [0.2, 0.25) is 0 Å². The third-order valence-electron chi connectivity index (χ3n) is 1.79. The molecule has 1 aromatic heterocycles. The molecule has 0 unspecified atom stereocenters. The fraction of sp³-hybridized carbons (Fsp3) is 0.267. The number of benzene rings is 1. The highest BCUT2D eigenvalue weighted by molar-refractivity contribution is 5.62. The van der Waals surface area contributed by atoms with Crippen molar-refractivity contribution in [3.05, 3.63) is 54.9 Å². The molecule has 2 rings (SSSR count). The second-order valence-electron chi connectivity index (χ2n) is 4.33. The zero-order valence-electron chi connectivity index (χ0n) is 10.2. The fourth-order valence-electron chi connectivity index (χ4n) is 1.17. The van der Waals surface area contributed by atoms with E-state index in [1.54, 1.807) is 0 Å². The number of hydrogen-bond acceptors (Lipinski definition) is 1. The molecule has 1 heteroatoms. The van der Waals surface area contributed by atoms with Crippen LogP contribution in [0.4, 0.5) is 0 Å². The molecule has 2 aromatic rings. The van der Waals surface area contributed by atoms with E-state index in [0.29, 0.717) is 0 Å². The smallest absolute Gasteiger partial charge is 0.0273 e. The van der Waals surface area contributed by atoms with Crippen LogP contribution in [0.15, 0.2) is 54.9 Å². The van der Waals surface area contributed by atoms with Gasteiger partial charge in [0.1, 0.15) is 0 Å². The standard InChI is InChI=1S/C11H9N.C4H10/c1-2-4-10(5-3-1)11-6-8-12-9-7-11;1-4(2)3/h1-9H;4H,1-3H3. The molecular weight excluding hydrogens is 194 g/mol. The molecule has 0 saturated heterocycles. The lowest BCUT2D eigenvalue weighted by atomic mass is 10.1. The molecule has 1 heterocycles. The van der Waals surface area contributed by atoms with Crippen molar-refractivity contribution in [2.75, 3.05) is 0 Å². The van der Waals surface area contributed by atoms with E-state index < -0.39 is 0 Å². The van der Waals surface area contributed by atoms with Crippen LogP contribution in [0.2, 0.25) is 0 Å². The minimum atomic E-state index is 0.833. The van der Waals surface area contributed by atoms with Crippen LogP contribution >= 0.6 is 0 Å². The lowest BCUT2D eigenvalue weighted by Gasteiger charge is -1.98. The number of pyridine rings is 1. The van der Waals surface area contributed by atoms with Crippen molar-refractivity contribution >= 4 is 0 Å². The van der Waals surface area contributed by atoms with Gasteiger partial charge in [0.05, 0.1) is 0 Å². The molecule has 0 aliphatic rings. The first-order chi connectivity index (χ1) is 7.70. The van der Waals surface area contributed by atoms with Crippen molar-refractivity contribution in [2.24, 2.45) is 5.92 Å². The van der Waals surface area contributed by atoms with E-state index in [-0.39, 0.29) is 0 Å². The SMILES string of the molecule is CC(C)C.c1ccc(-c2ccncc2)cc1. The molecule has 84 valence electrons. The largest absolute Gasteiger partial charge is 0.265 e. The van der Waals surface area contributed by atoms with E-state index in [2.05, 4.69) is 37.9 Å². The van der Waals surface area contributed by atoms with Gasteiger partial charge in [0, 0.05) is 12.4 Å². The summed E-state index contributed by atoms with van der Waals surface area (Å²) in [6.45, 7) is 6.50. The Bertz CT molecular complexity index is 338. The Balaban J connectivity index is 0.000000280. The van der Waals surface area contributed by atoms with Crippen LogP contribution in [0, 0.1) is 5.92 Å². The van der Waals surface area contributed by atoms with Gasteiger partial charge in [0.15, 0.2) is 0 Å². The van der Waals surface area contributed by atoms with Crippen molar-refractivity contribution in [2.45, 2.75) is 20.8 Å². The van der Waals surface area contributed by atoms with E-state index >= 15 is 0 Å². The minimum absolute atomic E-state index is 0.833. The average molecular weight is 213 g/mol. The van der Waals surface area contributed by atoms with Crippen LogP contribution in [0.3, 0.4) is 0 Å². The molecule has 0 radical (unpaired) electrons. The third-order valence-corrected chi connectivity index (χ3v) is 1.79. The molecule has 0 saturated carbocycles. The number of rotatable bonds is 1. The summed E-state index contributed by atoms with van der Waals surface area (Å²) in [4.78, 5) is 3.97. The maximum absolute atomic E-state index is 3.97. The summed E-state index contributed by atoms with van der Waals surface area (Å²) in [6, 6.07) is 14.3. The van der Waals surface area contributed by atoms with Crippen LogP contribution in [-0.4, -0.2) is 4.98 Å². The maximum Gasteiger partial charge on any atom is 0.0273 e. The quantitative estimate of drug-likeness (QED) is 0.683. The Labute approximate surface area is 98.2 Å². The number of nitrogens with zero attached hydrogens (tertiary/aromatic N) is 1. The Hall–Kier alpha value is -1.63. The van der Waals surface area contributed by atoms with Crippen molar-refractivity contribution < 1.29 is 0 Å². The van der Waals surface area contributed by atoms with Crippen molar-refractivity contribution in [1.29, 1.82) is 0 Å². The number of hydrogen-bond donors (Lipinski definition) is 0. The van der Waals surface area contributed by atoms with Crippen LogP contribution in [-0.2, 0) is 0 Å². The van der Waals surface area contributed by atoms with Crippen molar-refractivity contribution in [3.8, 4) is 11.1 Å². The molecule has 0 aliphatic heterocycles. The first-order valence-corrected chi connectivity index (χ1v) is 5.65. The van der Waals surface area contributed by atoms with Crippen molar-refractivity contribution in [3.63, 3.8) is 0 Å². The first-order valence-electron chi connectivity index (χ1n) is 5.65. The molecular formula is C15H19N. The van der Waals surface area contributed by atoms with E-state index in [1.165, 1.54) is 11.1 Å². The third kappa shape index (κ3) is 4.74. The number of aromatic nitrogens is 1. The molecule has 0 bridgehead atoms. The Kier molecular flexibility index (Phi) is 5.27. The summed E-state index contributed by atoms with van der Waals surface area (Å²) in [5.41, 5.74) is 2.45. The highest BCUT2D eigenvalue weighted by Crippen LogP contribution is 2.16. The van der Waals surface area contributed by atoms with Crippen molar-refractivity contribution in [1.82, 2.24) is 4.98 Å². The van der Waals surface area contributed by atoms with Gasteiger partial charge in [-0.15, -0.1) is 0 Å². The second kappa shape index (κ2) is 6.78. The molecule has 0 fully saturated rings. The zero-order valence-corrected chi connectivity index (χ0v) is 10.2. The normalized spacial score (nSPS) is 9.50. The van der Waals surface area contributed by atoms with E-state index in [1.807, 2.05) is 42.7 Å². The fourth-order valence-corrected chi connectivity index (χ4v) is 1.17. The summed E-state index contributed by atoms with van der Waals surface area (Å²) in [6.07, 6.45) is 3.62. The van der Waals surface area contributed by atoms with Gasteiger partial charge in [0.25, 0.3) is 0 Å². The summed E-state index contributed by atoms with van der Waals surface area (Å²) < 4.78 is 0. The molecule has 0 N–H and O–H groups in total. The second-order valence-corrected chi connectivity index (χ2v) is 4.33. The molecule has 0 aliphatic carbocycles. The predicted octanol–water partition coefficient (Wildman–Crippen LogP) is 4.41. The van der Waals surface area contributed by atoms with Gasteiger partial charge < -0.3 is 0 Å². The first kappa shape index (κ1) is 12.4. The summed E-state index contributed by atoms with van der Waals surface area (Å²) >= 11 is 0. The molecule has 0 amide bonds. The van der Waals surface area contributed by atoms with Crippen LogP contribution in [0.5, 0.6) is 0 Å². The lowest BCUT2D eigenvalue weighted by molar-refractivity contribution is 0.737.